The Bertz CT molecular complexity index is 502. The standard InChI is InChI=1S/C16H24N4O2/c1-19-8-5-12(6-9-19)20-10-14(15(21)11-20)18-16(22)13-4-2-3-7-17-13/h2-4,7,12,14-15,21H,5-6,8-11H2,1H3,(H,18,22)/t14-,15-/m1/s1. The number of nitrogens with zero attached hydrogens (tertiary/aromatic N) is 3. The quantitative estimate of drug-likeness (QED) is 0.819. The zero-order valence-electron chi connectivity index (χ0n) is 13.0. The third kappa shape index (κ3) is 3.45. The van der Waals surface area contributed by atoms with Gasteiger partial charge in [0.25, 0.3) is 5.91 Å². The van der Waals surface area contributed by atoms with Crippen LogP contribution in [0.5, 0.6) is 0 Å². The van der Waals surface area contributed by atoms with Gasteiger partial charge < -0.3 is 15.3 Å². The molecule has 0 radical (unpaired) electrons. The highest BCUT2D eigenvalue weighted by molar-refractivity contribution is 5.92. The number of aliphatic hydroxyl groups excluding tert-OH is 1. The van der Waals surface area contributed by atoms with Gasteiger partial charge in [-0.05, 0) is 45.1 Å². The summed E-state index contributed by atoms with van der Waals surface area (Å²) in [5.74, 6) is -0.213. The van der Waals surface area contributed by atoms with Crippen molar-refractivity contribution in [2.75, 3.05) is 33.2 Å². The average Bonchev–Trinajstić information content (AvgIpc) is 2.90. The lowest BCUT2D eigenvalue weighted by molar-refractivity contribution is 0.0882. The Kier molecular flexibility index (Phi) is 4.71. The van der Waals surface area contributed by atoms with E-state index in [9.17, 15) is 9.90 Å². The van der Waals surface area contributed by atoms with Crippen LogP contribution in [0.15, 0.2) is 24.4 Å². The maximum Gasteiger partial charge on any atom is 0.270 e. The van der Waals surface area contributed by atoms with Crippen molar-refractivity contribution in [1.29, 1.82) is 0 Å². The molecule has 2 N–H and O–H groups in total. The first-order valence-electron chi connectivity index (χ1n) is 7.96. The predicted molar refractivity (Wildman–Crippen MR) is 83.6 cm³/mol. The molecule has 120 valence electrons. The van der Waals surface area contributed by atoms with Crippen LogP contribution in [0.25, 0.3) is 0 Å². The molecule has 1 aromatic heterocycles. The summed E-state index contributed by atoms with van der Waals surface area (Å²) < 4.78 is 0. The Labute approximate surface area is 131 Å². The molecule has 0 aliphatic carbocycles. The fourth-order valence-electron chi connectivity index (χ4n) is 3.36. The summed E-state index contributed by atoms with van der Waals surface area (Å²) in [6, 6.07) is 5.56. The van der Waals surface area contributed by atoms with Gasteiger partial charge in [-0.25, -0.2) is 0 Å². The van der Waals surface area contributed by atoms with Gasteiger partial charge in [-0.2, -0.15) is 0 Å². The molecule has 0 aromatic carbocycles. The molecule has 2 saturated heterocycles. The summed E-state index contributed by atoms with van der Waals surface area (Å²) >= 11 is 0. The minimum atomic E-state index is -0.507. The number of hydrogen-bond acceptors (Lipinski definition) is 5. The highest BCUT2D eigenvalue weighted by atomic mass is 16.3. The molecule has 6 heteroatoms. The number of β-amino-alcohol motifs (C(OH)–C–C–N with tert-alkyl or cyclic N) is 1. The number of pyridine rings is 1. The summed E-state index contributed by atoms with van der Waals surface area (Å²) in [6.45, 7) is 3.56. The van der Waals surface area contributed by atoms with E-state index in [0.717, 1.165) is 25.9 Å². The molecule has 0 bridgehead atoms. The Balaban J connectivity index is 1.56. The second-order valence-corrected chi connectivity index (χ2v) is 6.35. The summed E-state index contributed by atoms with van der Waals surface area (Å²) in [5, 5.41) is 13.2. The van der Waals surface area contributed by atoms with Gasteiger partial charge in [0.05, 0.1) is 12.1 Å². The second kappa shape index (κ2) is 6.73. The lowest BCUT2D eigenvalue weighted by atomic mass is 10.0. The van der Waals surface area contributed by atoms with Crippen LogP contribution in [0.4, 0.5) is 0 Å². The fourth-order valence-corrected chi connectivity index (χ4v) is 3.36. The minimum absolute atomic E-state index is 0.213. The van der Waals surface area contributed by atoms with E-state index in [-0.39, 0.29) is 11.9 Å². The van der Waals surface area contributed by atoms with Crippen LogP contribution in [0.3, 0.4) is 0 Å². The van der Waals surface area contributed by atoms with Crippen LogP contribution in [0, 0.1) is 0 Å². The molecule has 1 aromatic rings. The molecule has 3 heterocycles. The van der Waals surface area contributed by atoms with Crippen LogP contribution in [0.2, 0.25) is 0 Å². The molecule has 6 nitrogen and oxygen atoms in total. The van der Waals surface area contributed by atoms with Crippen LogP contribution >= 0.6 is 0 Å². The van der Waals surface area contributed by atoms with E-state index in [2.05, 4.69) is 27.1 Å². The minimum Gasteiger partial charge on any atom is -0.390 e. The number of amides is 1. The number of carbonyl (C=O) groups excluding carboxylic acids is 1. The van der Waals surface area contributed by atoms with Crippen molar-refractivity contribution in [1.82, 2.24) is 20.1 Å². The molecular formula is C16H24N4O2. The first-order chi connectivity index (χ1) is 10.6. The normalized spacial score (nSPS) is 27.9. The first-order valence-corrected chi connectivity index (χ1v) is 7.96. The van der Waals surface area contributed by atoms with Gasteiger partial charge in [0.15, 0.2) is 0 Å². The second-order valence-electron chi connectivity index (χ2n) is 6.35. The number of likely N-dealkylation sites (tertiary alicyclic amines) is 2. The van der Waals surface area contributed by atoms with E-state index >= 15 is 0 Å². The summed E-state index contributed by atoms with van der Waals surface area (Å²) in [5.41, 5.74) is 0.396. The van der Waals surface area contributed by atoms with Crippen molar-refractivity contribution in [2.45, 2.75) is 31.0 Å². The van der Waals surface area contributed by atoms with Gasteiger partial charge in [0.1, 0.15) is 5.69 Å². The van der Waals surface area contributed by atoms with E-state index in [1.165, 1.54) is 0 Å². The van der Waals surface area contributed by atoms with Crippen LogP contribution in [0.1, 0.15) is 23.3 Å². The maximum atomic E-state index is 12.2. The Morgan fingerprint density at radius 2 is 2.09 bits per heavy atom. The van der Waals surface area contributed by atoms with Crippen molar-refractivity contribution >= 4 is 5.91 Å². The Hall–Kier alpha value is -1.50. The van der Waals surface area contributed by atoms with Gasteiger partial charge in [0.2, 0.25) is 0 Å². The maximum absolute atomic E-state index is 12.2. The van der Waals surface area contributed by atoms with Gasteiger partial charge in [-0.15, -0.1) is 0 Å². The molecule has 0 spiro atoms. The first kappa shape index (κ1) is 15.4. The highest BCUT2D eigenvalue weighted by Gasteiger charge is 2.36. The number of aliphatic hydroxyl groups is 1. The monoisotopic (exact) mass is 304 g/mol. The van der Waals surface area contributed by atoms with E-state index < -0.39 is 6.10 Å². The molecule has 0 saturated carbocycles. The van der Waals surface area contributed by atoms with Crippen LogP contribution in [-0.4, -0.2) is 77.2 Å². The van der Waals surface area contributed by atoms with Crippen molar-refractivity contribution in [2.24, 2.45) is 0 Å². The van der Waals surface area contributed by atoms with Crippen LogP contribution in [-0.2, 0) is 0 Å². The molecule has 2 atom stereocenters. The fraction of sp³-hybridized carbons (Fsp3) is 0.625. The number of hydrogen-bond donors (Lipinski definition) is 2. The lowest BCUT2D eigenvalue weighted by Crippen LogP contribution is -2.45. The summed E-state index contributed by atoms with van der Waals surface area (Å²) in [4.78, 5) is 20.9. The number of rotatable bonds is 3. The number of carbonyl (C=O) groups is 1. The zero-order valence-corrected chi connectivity index (χ0v) is 13.0. The van der Waals surface area contributed by atoms with Crippen LogP contribution < -0.4 is 5.32 Å². The third-order valence-electron chi connectivity index (χ3n) is 4.74. The lowest BCUT2D eigenvalue weighted by Gasteiger charge is -2.34. The van der Waals surface area contributed by atoms with Crippen molar-refractivity contribution < 1.29 is 9.90 Å². The van der Waals surface area contributed by atoms with Gasteiger partial charge in [0, 0.05) is 25.3 Å². The van der Waals surface area contributed by atoms with Gasteiger partial charge >= 0.3 is 0 Å². The molecule has 0 unspecified atom stereocenters. The molecule has 2 aliphatic heterocycles. The molecule has 3 rings (SSSR count). The highest BCUT2D eigenvalue weighted by Crippen LogP contribution is 2.21. The zero-order chi connectivity index (χ0) is 15.5. The topological polar surface area (TPSA) is 68.7 Å². The number of aromatic nitrogens is 1. The van der Waals surface area contributed by atoms with E-state index in [1.807, 2.05) is 0 Å². The smallest absolute Gasteiger partial charge is 0.270 e. The third-order valence-corrected chi connectivity index (χ3v) is 4.74. The van der Waals surface area contributed by atoms with E-state index in [1.54, 1.807) is 24.4 Å². The van der Waals surface area contributed by atoms with Crippen molar-refractivity contribution in [3.63, 3.8) is 0 Å². The largest absolute Gasteiger partial charge is 0.390 e. The van der Waals surface area contributed by atoms with E-state index in [0.29, 0.717) is 24.8 Å². The Morgan fingerprint density at radius 1 is 1.32 bits per heavy atom. The van der Waals surface area contributed by atoms with Crippen molar-refractivity contribution in [3.8, 4) is 0 Å². The molecule has 2 aliphatic rings. The van der Waals surface area contributed by atoms with Gasteiger partial charge in [-0.1, -0.05) is 6.07 Å². The van der Waals surface area contributed by atoms with Gasteiger partial charge in [-0.3, -0.25) is 14.7 Å². The van der Waals surface area contributed by atoms with E-state index in [4.69, 9.17) is 0 Å². The summed E-state index contributed by atoms with van der Waals surface area (Å²) in [6.07, 6.45) is 3.35. The molecule has 22 heavy (non-hydrogen) atoms. The number of piperidine rings is 1. The van der Waals surface area contributed by atoms with Crippen molar-refractivity contribution in [3.05, 3.63) is 30.1 Å². The predicted octanol–water partition coefficient (Wildman–Crippen LogP) is -0.0493. The number of nitrogens with one attached hydrogen (secondary N) is 1. The SMILES string of the molecule is CN1CCC(N2C[C@@H](O)[C@H](NC(=O)c3ccccn3)C2)CC1. The molecule has 2 fully saturated rings. The average molecular weight is 304 g/mol. The Morgan fingerprint density at radius 3 is 2.77 bits per heavy atom. The summed E-state index contributed by atoms with van der Waals surface area (Å²) in [7, 11) is 2.14. The molecule has 1 amide bonds. The molecular weight excluding hydrogens is 280 g/mol.